The highest BCUT2D eigenvalue weighted by Crippen LogP contribution is 2.34. The summed E-state index contributed by atoms with van der Waals surface area (Å²) in [6, 6.07) is 7.79. The Morgan fingerprint density at radius 2 is 1.82 bits per heavy atom. The number of urea groups is 1. The van der Waals surface area contributed by atoms with Crippen LogP contribution in [-0.4, -0.2) is 24.0 Å². The van der Waals surface area contributed by atoms with Crippen LogP contribution in [0.5, 0.6) is 17.4 Å². The predicted molar refractivity (Wildman–Crippen MR) is 110 cm³/mol. The van der Waals surface area contributed by atoms with Crippen LogP contribution in [0.15, 0.2) is 54.7 Å². The highest BCUT2D eigenvalue weighted by Gasteiger charge is 2.31. The van der Waals surface area contributed by atoms with Crippen LogP contribution in [0, 0.1) is 5.82 Å². The number of rotatable bonds is 5. The second-order valence-electron chi connectivity index (χ2n) is 6.36. The summed E-state index contributed by atoms with van der Waals surface area (Å²) in [6.45, 7) is 0. The molecule has 0 aliphatic carbocycles. The lowest BCUT2D eigenvalue weighted by molar-refractivity contribution is -0.137. The molecular weight excluding hydrogens is 470 g/mol. The minimum absolute atomic E-state index is 0.0400. The van der Waals surface area contributed by atoms with Gasteiger partial charge in [0.1, 0.15) is 11.3 Å². The van der Waals surface area contributed by atoms with Gasteiger partial charge in [-0.15, -0.1) is 0 Å². The van der Waals surface area contributed by atoms with Crippen molar-refractivity contribution >= 4 is 29.2 Å². The Hall–Kier alpha value is -3.86. The number of carbonyl (C=O) groups excluding carboxylic acids is 2. The second kappa shape index (κ2) is 9.74. The maximum atomic E-state index is 13.8. The summed E-state index contributed by atoms with van der Waals surface area (Å²) in [7, 11) is 1.34. The summed E-state index contributed by atoms with van der Waals surface area (Å²) in [5.41, 5.74) is -1.02. The van der Waals surface area contributed by atoms with Gasteiger partial charge in [-0.1, -0.05) is 17.7 Å². The number of ether oxygens (including phenoxy) is 2. The molecular formula is C21H14ClF4N3O4. The van der Waals surface area contributed by atoms with E-state index in [1.807, 2.05) is 0 Å². The maximum Gasteiger partial charge on any atom is 0.416 e. The standard InChI is InChI=1S/C21H14ClF4N3O4/c1-32-15-4-2-3-13(22)18(15)19(30)29-20(31)28-12-6-8-17(27-10-12)33-16-9-11(21(24,25)26)5-7-14(16)23/h2-10H,1H3,(H2,28,29,30,31). The number of benzene rings is 2. The van der Waals surface area contributed by atoms with E-state index >= 15 is 0 Å². The van der Waals surface area contributed by atoms with Gasteiger partial charge in [0.05, 0.1) is 29.6 Å². The first-order valence-electron chi connectivity index (χ1n) is 9.04. The minimum atomic E-state index is -4.67. The topological polar surface area (TPSA) is 89.5 Å². The third-order valence-electron chi connectivity index (χ3n) is 4.12. The Kier molecular flexibility index (Phi) is 7.02. The molecule has 33 heavy (non-hydrogen) atoms. The third-order valence-corrected chi connectivity index (χ3v) is 4.43. The highest BCUT2D eigenvalue weighted by atomic mass is 35.5. The number of alkyl halides is 3. The molecule has 0 spiro atoms. The van der Waals surface area contributed by atoms with Gasteiger partial charge in [-0.3, -0.25) is 10.1 Å². The van der Waals surface area contributed by atoms with Crippen LogP contribution in [0.2, 0.25) is 5.02 Å². The largest absolute Gasteiger partial charge is 0.496 e. The van der Waals surface area contributed by atoms with Crippen LogP contribution in [0.3, 0.4) is 0 Å². The number of aromatic nitrogens is 1. The van der Waals surface area contributed by atoms with Crippen molar-refractivity contribution < 1.29 is 36.6 Å². The second-order valence-corrected chi connectivity index (χ2v) is 6.76. The monoisotopic (exact) mass is 483 g/mol. The van der Waals surface area contributed by atoms with Gasteiger partial charge in [-0.2, -0.15) is 13.2 Å². The number of pyridine rings is 1. The Morgan fingerprint density at radius 3 is 2.45 bits per heavy atom. The van der Waals surface area contributed by atoms with E-state index in [-0.39, 0.29) is 27.9 Å². The average molecular weight is 484 g/mol. The van der Waals surface area contributed by atoms with Crippen molar-refractivity contribution in [3.05, 3.63) is 76.7 Å². The van der Waals surface area contributed by atoms with Gasteiger partial charge in [0.2, 0.25) is 5.88 Å². The van der Waals surface area contributed by atoms with Crippen molar-refractivity contribution in [3.63, 3.8) is 0 Å². The molecule has 0 unspecified atom stereocenters. The van der Waals surface area contributed by atoms with E-state index in [0.29, 0.717) is 18.2 Å². The number of imide groups is 1. The van der Waals surface area contributed by atoms with Crippen molar-refractivity contribution in [2.45, 2.75) is 6.18 Å². The van der Waals surface area contributed by atoms with Gasteiger partial charge in [0.25, 0.3) is 5.91 Å². The Bertz CT molecular complexity index is 1190. The van der Waals surface area contributed by atoms with Crippen molar-refractivity contribution in [2.24, 2.45) is 0 Å². The first kappa shape index (κ1) is 23.8. The number of hydrogen-bond donors (Lipinski definition) is 2. The van der Waals surface area contributed by atoms with Gasteiger partial charge in [0, 0.05) is 6.07 Å². The predicted octanol–water partition coefficient (Wildman–Crippen LogP) is 5.66. The molecule has 172 valence electrons. The van der Waals surface area contributed by atoms with E-state index in [2.05, 4.69) is 15.6 Å². The van der Waals surface area contributed by atoms with E-state index < -0.39 is 35.2 Å². The van der Waals surface area contributed by atoms with Crippen LogP contribution in [0.4, 0.5) is 28.0 Å². The summed E-state index contributed by atoms with van der Waals surface area (Å²) < 4.78 is 62.3. The first-order valence-corrected chi connectivity index (χ1v) is 9.41. The van der Waals surface area contributed by atoms with E-state index in [0.717, 1.165) is 6.20 Å². The van der Waals surface area contributed by atoms with E-state index in [4.69, 9.17) is 21.1 Å². The summed E-state index contributed by atoms with van der Waals surface area (Å²) in [6.07, 6.45) is -3.58. The molecule has 0 atom stereocenters. The molecule has 3 aromatic rings. The third kappa shape index (κ3) is 5.89. The molecule has 1 aromatic heterocycles. The number of nitrogens with one attached hydrogen (secondary N) is 2. The summed E-state index contributed by atoms with van der Waals surface area (Å²) >= 11 is 5.99. The lowest BCUT2D eigenvalue weighted by Gasteiger charge is -2.12. The van der Waals surface area contributed by atoms with Gasteiger partial charge < -0.3 is 14.8 Å². The lowest BCUT2D eigenvalue weighted by Crippen LogP contribution is -2.34. The number of carbonyl (C=O) groups is 2. The van der Waals surface area contributed by atoms with E-state index in [1.165, 1.54) is 31.4 Å². The van der Waals surface area contributed by atoms with Gasteiger partial charge in [0.15, 0.2) is 11.6 Å². The smallest absolute Gasteiger partial charge is 0.416 e. The summed E-state index contributed by atoms with van der Waals surface area (Å²) in [4.78, 5) is 28.3. The van der Waals surface area contributed by atoms with E-state index in [9.17, 15) is 27.2 Å². The SMILES string of the molecule is COc1cccc(Cl)c1C(=O)NC(=O)Nc1ccc(Oc2cc(C(F)(F)F)ccc2F)nc1. The number of halogens is 5. The van der Waals surface area contributed by atoms with Crippen molar-refractivity contribution in [3.8, 4) is 17.4 Å². The van der Waals surface area contributed by atoms with Crippen LogP contribution < -0.4 is 20.1 Å². The molecule has 0 bridgehead atoms. The van der Waals surface area contributed by atoms with Crippen molar-refractivity contribution in [1.82, 2.24) is 10.3 Å². The summed E-state index contributed by atoms with van der Waals surface area (Å²) in [5.74, 6) is -2.56. The van der Waals surface area contributed by atoms with Gasteiger partial charge in [-0.25, -0.2) is 14.2 Å². The van der Waals surface area contributed by atoms with Crippen LogP contribution in [0.25, 0.3) is 0 Å². The molecule has 0 radical (unpaired) electrons. The number of methoxy groups -OCH3 is 1. The zero-order valence-electron chi connectivity index (χ0n) is 16.7. The molecule has 0 aliphatic rings. The van der Waals surface area contributed by atoms with Gasteiger partial charge in [-0.05, 0) is 36.4 Å². The number of anilines is 1. The molecule has 2 N–H and O–H groups in total. The zero-order valence-corrected chi connectivity index (χ0v) is 17.4. The van der Waals surface area contributed by atoms with Crippen molar-refractivity contribution in [2.75, 3.05) is 12.4 Å². The first-order chi connectivity index (χ1) is 15.6. The zero-order chi connectivity index (χ0) is 24.2. The molecule has 1 heterocycles. The fourth-order valence-electron chi connectivity index (χ4n) is 2.61. The summed E-state index contributed by atoms with van der Waals surface area (Å²) in [5, 5.41) is 4.48. The van der Waals surface area contributed by atoms with Crippen LogP contribution in [0.1, 0.15) is 15.9 Å². The molecule has 0 saturated heterocycles. The molecule has 12 heteroatoms. The number of hydrogen-bond acceptors (Lipinski definition) is 5. The lowest BCUT2D eigenvalue weighted by atomic mass is 10.2. The quantitative estimate of drug-likeness (QED) is 0.457. The molecule has 0 aliphatic heterocycles. The average Bonchev–Trinajstić information content (AvgIpc) is 2.75. The van der Waals surface area contributed by atoms with Crippen LogP contribution in [-0.2, 0) is 6.18 Å². The molecule has 3 rings (SSSR count). The molecule has 7 nitrogen and oxygen atoms in total. The van der Waals surface area contributed by atoms with E-state index in [1.54, 1.807) is 6.07 Å². The molecule has 2 aromatic carbocycles. The number of amides is 3. The maximum absolute atomic E-state index is 13.8. The van der Waals surface area contributed by atoms with Gasteiger partial charge >= 0.3 is 12.2 Å². The highest BCUT2D eigenvalue weighted by molar-refractivity contribution is 6.34. The molecule has 0 fully saturated rings. The minimum Gasteiger partial charge on any atom is -0.496 e. The number of nitrogens with zero attached hydrogens (tertiary/aromatic N) is 1. The Morgan fingerprint density at radius 1 is 1.06 bits per heavy atom. The molecule has 0 saturated carbocycles. The fourth-order valence-corrected chi connectivity index (χ4v) is 2.86. The van der Waals surface area contributed by atoms with Crippen molar-refractivity contribution in [1.29, 1.82) is 0 Å². The molecule has 3 amide bonds. The fraction of sp³-hybridized carbons (Fsp3) is 0.0952. The Labute approximate surface area is 189 Å². The Balaban J connectivity index is 1.66. The normalized spacial score (nSPS) is 11.0. The van der Waals surface area contributed by atoms with Crippen LogP contribution >= 0.6 is 11.6 Å².